The second-order valence-corrected chi connectivity index (χ2v) is 5.33. The molecule has 1 aliphatic heterocycles. The Bertz CT molecular complexity index is 426. The third-order valence-electron chi connectivity index (χ3n) is 3.14. The molecule has 0 radical (unpaired) electrons. The minimum atomic E-state index is 0.0986. The molecule has 18 heavy (non-hydrogen) atoms. The third kappa shape index (κ3) is 2.78. The zero-order valence-electron chi connectivity index (χ0n) is 10.1. The van der Waals surface area contributed by atoms with Crippen LogP contribution in [0.1, 0.15) is 24.6 Å². The van der Waals surface area contributed by atoms with E-state index in [-0.39, 0.29) is 5.91 Å². The van der Waals surface area contributed by atoms with Crippen LogP contribution in [0.25, 0.3) is 0 Å². The molecule has 0 atom stereocenters. The largest absolute Gasteiger partial charge is 0.378 e. The lowest BCUT2D eigenvalue weighted by atomic mass is 10.4. The van der Waals surface area contributed by atoms with Gasteiger partial charge in [0.05, 0.1) is 19.8 Å². The normalized spacial score (nSPS) is 19.9. The molecule has 0 bridgehead atoms. The topological polar surface area (TPSA) is 67.4 Å². The van der Waals surface area contributed by atoms with Crippen LogP contribution in [0.2, 0.25) is 0 Å². The van der Waals surface area contributed by atoms with Gasteiger partial charge in [0, 0.05) is 30.5 Å². The maximum atomic E-state index is 11.9. The molecule has 1 saturated heterocycles. The van der Waals surface area contributed by atoms with Crippen LogP contribution in [0, 0.1) is 0 Å². The summed E-state index contributed by atoms with van der Waals surface area (Å²) in [6.07, 6.45) is 2.39. The highest BCUT2D eigenvalue weighted by molar-refractivity contribution is 7.09. The van der Waals surface area contributed by atoms with Crippen molar-refractivity contribution < 1.29 is 9.53 Å². The van der Waals surface area contributed by atoms with Gasteiger partial charge in [0.2, 0.25) is 11.0 Å². The first-order valence-electron chi connectivity index (χ1n) is 6.26. The molecule has 1 aromatic heterocycles. The van der Waals surface area contributed by atoms with E-state index < -0.39 is 0 Å². The van der Waals surface area contributed by atoms with Gasteiger partial charge in [0.15, 0.2) is 0 Å². The molecule has 2 fully saturated rings. The van der Waals surface area contributed by atoms with Crippen molar-refractivity contribution in [3.05, 3.63) is 5.82 Å². The Labute approximate surface area is 110 Å². The fourth-order valence-corrected chi connectivity index (χ4v) is 2.53. The molecular formula is C11H16N4O2S. The number of nitrogens with zero attached hydrogens (tertiary/aromatic N) is 3. The maximum absolute atomic E-state index is 11.9. The molecule has 1 saturated carbocycles. The highest BCUT2D eigenvalue weighted by Gasteiger charge is 2.27. The Hall–Kier alpha value is -1.21. The number of amides is 1. The van der Waals surface area contributed by atoms with Gasteiger partial charge in [-0.05, 0) is 12.8 Å². The molecule has 1 N–H and O–H groups in total. The summed E-state index contributed by atoms with van der Waals surface area (Å²) in [6, 6.07) is 0. The number of morpholine rings is 1. The van der Waals surface area contributed by atoms with Gasteiger partial charge in [0.1, 0.15) is 5.82 Å². The number of nitrogens with one attached hydrogen (secondary N) is 1. The molecule has 1 amide bonds. The number of hydrogen-bond acceptors (Lipinski definition) is 6. The minimum Gasteiger partial charge on any atom is -0.378 e. The first-order valence-corrected chi connectivity index (χ1v) is 7.03. The molecule has 2 heterocycles. The minimum absolute atomic E-state index is 0.0986. The summed E-state index contributed by atoms with van der Waals surface area (Å²) in [5, 5.41) is 3.81. The van der Waals surface area contributed by atoms with Gasteiger partial charge >= 0.3 is 0 Å². The average molecular weight is 268 g/mol. The molecule has 2 aliphatic rings. The number of aromatic nitrogens is 2. The number of anilines is 1. The van der Waals surface area contributed by atoms with E-state index >= 15 is 0 Å². The first kappa shape index (κ1) is 11.9. The van der Waals surface area contributed by atoms with E-state index in [2.05, 4.69) is 14.7 Å². The van der Waals surface area contributed by atoms with Crippen molar-refractivity contribution in [3.63, 3.8) is 0 Å². The lowest BCUT2D eigenvalue weighted by Crippen LogP contribution is -2.43. The molecule has 3 rings (SSSR count). The van der Waals surface area contributed by atoms with E-state index in [0.29, 0.717) is 38.8 Å². The van der Waals surface area contributed by atoms with Crippen molar-refractivity contribution in [2.24, 2.45) is 0 Å². The second kappa shape index (κ2) is 5.19. The van der Waals surface area contributed by atoms with Crippen LogP contribution in [-0.2, 0) is 9.53 Å². The molecule has 1 aliphatic carbocycles. The van der Waals surface area contributed by atoms with E-state index in [1.54, 1.807) is 0 Å². The average Bonchev–Trinajstić information content (AvgIpc) is 3.16. The monoisotopic (exact) mass is 268 g/mol. The van der Waals surface area contributed by atoms with E-state index in [4.69, 9.17) is 4.74 Å². The molecule has 0 aromatic carbocycles. The summed E-state index contributed by atoms with van der Waals surface area (Å²) in [6.45, 7) is 2.93. The fourth-order valence-electron chi connectivity index (χ4n) is 1.89. The highest BCUT2D eigenvalue weighted by atomic mass is 32.1. The van der Waals surface area contributed by atoms with Gasteiger partial charge in [-0.1, -0.05) is 0 Å². The second-order valence-electron chi connectivity index (χ2n) is 4.58. The molecule has 98 valence electrons. The van der Waals surface area contributed by atoms with E-state index in [1.807, 2.05) is 4.90 Å². The Morgan fingerprint density at radius 3 is 2.94 bits per heavy atom. The van der Waals surface area contributed by atoms with Crippen LogP contribution in [0.4, 0.5) is 5.13 Å². The molecular weight excluding hydrogens is 252 g/mol. The summed E-state index contributed by atoms with van der Waals surface area (Å²) in [4.78, 5) is 18.1. The van der Waals surface area contributed by atoms with Crippen molar-refractivity contribution in [1.82, 2.24) is 14.3 Å². The number of carbonyl (C=O) groups is 1. The third-order valence-corrected chi connectivity index (χ3v) is 3.83. The number of hydrogen-bond donors (Lipinski definition) is 1. The Morgan fingerprint density at radius 2 is 2.22 bits per heavy atom. The number of carbonyl (C=O) groups excluding carboxylic acids is 1. The zero-order valence-corrected chi connectivity index (χ0v) is 10.9. The molecule has 1 aromatic rings. The predicted octanol–water partition coefficient (Wildman–Crippen LogP) is 0.686. The van der Waals surface area contributed by atoms with Crippen LogP contribution >= 0.6 is 11.5 Å². The van der Waals surface area contributed by atoms with Crippen molar-refractivity contribution >= 4 is 22.6 Å². The van der Waals surface area contributed by atoms with Crippen molar-refractivity contribution in [2.45, 2.75) is 18.8 Å². The van der Waals surface area contributed by atoms with Gasteiger partial charge in [-0.3, -0.25) is 4.79 Å². The van der Waals surface area contributed by atoms with E-state index in [9.17, 15) is 4.79 Å². The van der Waals surface area contributed by atoms with Crippen molar-refractivity contribution in [3.8, 4) is 0 Å². The summed E-state index contributed by atoms with van der Waals surface area (Å²) in [5.41, 5.74) is 0. The SMILES string of the molecule is O=C(CNc1nc(C2CC2)ns1)N1CCOCC1. The summed E-state index contributed by atoms with van der Waals surface area (Å²) in [5.74, 6) is 1.59. The van der Waals surface area contributed by atoms with Crippen LogP contribution < -0.4 is 5.32 Å². The number of rotatable bonds is 4. The van der Waals surface area contributed by atoms with Gasteiger partial charge in [-0.2, -0.15) is 4.37 Å². The predicted molar refractivity (Wildman–Crippen MR) is 67.8 cm³/mol. The van der Waals surface area contributed by atoms with Gasteiger partial charge in [-0.25, -0.2) is 4.98 Å². The Balaban J connectivity index is 1.48. The molecule has 0 spiro atoms. The van der Waals surface area contributed by atoms with E-state index in [0.717, 1.165) is 11.0 Å². The van der Waals surface area contributed by atoms with E-state index in [1.165, 1.54) is 24.4 Å². The van der Waals surface area contributed by atoms with Crippen molar-refractivity contribution in [2.75, 3.05) is 38.2 Å². The quantitative estimate of drug-likeness (QED) is 0.870. The number of ether oxygens (including phenoxy) is 1. The zero-order chi connectivity index (χ0) is 12.4. The van der Waals surface area contributed by atoms with Gasteiger partial charge < -0.3 is 15.0 Å². The molecule has 7 heteroatoms. The van der Waals surface area contributed by atoms with Crippen LogP contribution in [-0.4, -0.2) is 53.0 Å². The Kier molecular flexibility index (Phi) is 3.42. The molecule has 0 unspecified atom stereocenters. The fraction of sp³-hybridized carbons (Fsp3) is 0.727. The molecule has 6 nitrogen and oxygen atoms in total. The summed E-state index contributed by atoms with van der Waals surface area (Å²) in [7, 11) is 0. The first-order chi connectivity index (χ1) is 8.83. The summed E-state index contributed by atoms with van der Waals surface area (Å²) >= 11 is 1.34. The Morgan fingerprint density at radius 1 is 1.44 bits per heavy atom. The van der Waals surface area contributed by atoms with Crippen LogP contribution in [0.3, 0.4) is 0 Å². The maximum Gasteiger partial charge on any atom is 0.242 e. The van der Waals surface area contributed by atoms with Crippen LogP contribution in [0.15, 0.2) is 0 Å². The highest BCUT2D eigenvalue weighted by Crippen LogP contribution is 2.39. The standard InChI is InChI=1S/C11H16N4O2S/c16-9(15-3-5-17-6-4-15)7-12-11-13-10(14-18-11)8-1-2-8/h8H,1-7H2,(H,12,13,14). The van der Waals surface area contributed by atoms with Gasteiger partial charge in [0.25, 0.3) is 0 Å². The lowest BCUT2D eigenvalue weighted by molar-refractivity contribution is -0.133. The van der Waals surface area contributed by atoms with Crippen LogP contribution in [0.5, 0.6) is 0 Å². The van der Waals surface area contributed by atoms with Crippen molar-refractivity contribution in [1.29, 1.82) is 0 Å². The lowest BCUT2D eigenvalue weighted by Gasteiger charge is -2.26. The summed E-state index contributed by atoms with van der Waals surface area (Å²) < 4.78 is 9.51. The smallest absolute Gasteiger partial charge is 0.242 e. The van der Waals surface area contributed by atoms with Gasteiger partial charge in [-0.15, -0.1) is 0 Å².